The molecule has 3 aromatic rings. The van der Waals surface area contributed by atoms with Crippen molar-refractivity contribution in [3.05, 3.63) is 60.2 Å². The zero-order valence-corrected chi connectivity index (χ0v) is 10.5. The minimum atomic E-state index is -0.0893. The number of nitrogens with one attached hydrogen (secondary N) is 1. The van der Waals surface area contributed by atoms with E-state index in [0.29, 0.717) is 0 Å². The molecule has 2 aromatic heterocycles. The molecule has 1 N–H and O–H groups in total. The second kappa shape index (κ2) is 3.75. The highest BCUT2D eigenvalue weighted by Crippen LogP contribution is 2.38. The Morgan fingerprint density at radius 1 is 1.21 bits per heavy atom. The van der Waals surface area contributed by atoms with E-state index in [-0.39, 0.29) is 6.17 Å². The number of aromatic nitrogens is 2. The van der Waals surface area contributed by atoms with E-state index in [4.69, 9.17) is 4.42 Å². The zero-order chi connectivity index (χ0) is 12.8. The summed E-state index contributed by atoms with van der Waals surface area (Å²) in [6.45, 7) is 2.01. The molecule has 0 amide bonds. The van der Waals surface area contributed by atoms with Crippen LogP contribution in [0.4, 0.5) is 5.69 Å². The Hall–Kier alpha value is -2.49. The number of benzene rings is 1. The number of fused-ring (bicyclic) bond motifs is 3. The van der Waals surface area contributed by atoms with Gasteiger partial charge in [0.1, 0.15) is 5.76 Å². The summed E-state index contributed by atoms with van der Waals surface area (Å²) in [7, 11) is 0. The molecule has 0 spiro atoms. The van der Waals surface area contributed by atoms with Gasteiger partial charge in [-0.1, -0.05) is 18.2 Å². The molecule has 4 rings (SSSR count). The molecule has 0 unspecified atom stereocenters. The van der Waals surface area contributed by atoms with Crippen LogP contribution in [0.15, 0.2) is 53.1 Å². The quantitative estimate of drug-likeness (QED) is 0.720. The predicted octanol–water partition coefficient (Wildman–Crippen LogP) is 3.42. The summed E-state index contributed by atoms with van der Waals surface area (Å²) < 4.78 is 7.51. The number of rotatable bonds is 1. The van der Waals surface area contributed by atoms with Crippen molar-refractivity contribution in [2.24, 2.45) is 0 Å². The van der Waals surface area contributed by atoms with Crippen molar-refractivity contribution in [3.8, 4) is 11.3 Å². The Labute approximate surface area is 110 Å². The van der Waals surface area contributed by atoms with Gasteiger partial charge in [-0.25, -0.2) is 4.68 Å². The molecule has 0 bridgehead atoms. The molecule has 0 saturated heterocycles. The smallest absolute Gasteiger partial charge is 0.180 e. The molecule has 3 heterocycles. The lowest BCUT2D eigenvalue weighted by Crippen LogP contribution is -2.25. The third-order valence-electron chi connectivity index (χ3n) is 3.41. The zero-order valence-electron chi connectivity index (χ0n) is 10.5. The molecule has 1 atom stereocenters. The lowest BCUT2D eigenvalue weighted by molar-refractivity contribution is 0.430. The van der Waals surface area contributed by atoms with E-state index >= 15 is 0 Å². The molecule has 1 aliphatic rings. The molecule has 0 radical (unpaired) electrons. The fourth-order valence-electron chi connectivity index (χ4n) is 2.59. The van der Waals surface area contributed by atoms with Crippen LogP contribution in [0.2, 0.25) is 0 Å². The van der Waals surface area contributed by atoms with Gasteiger partial charge in [-0.15, -0.1) is 0 Å². The Morgan fingerprint density at radius 3 is 2.95 bits per heavy atom. The summed E-state index contributed by atoms with van der Waals surface area (Å²) >= 11 is 0. The number of nitrogens with zero attached hydrogens (tertiary/aromatic N) is 2. The van der Waals surface area contributed by atoms with Crippen molar-refractivity contribution in [1.29, 1.82) is 0 Å². The van der Waals surface area contributed by atoms with Crippen LogP contribution in [0.5, 0.6) is 0 Å². The SMILES string of the molecule is Cc1cc2n(n1)[C@H](c1ccco1)Nc1ccccc1-2. The molecule has 0 saturated carbocycles. The Morgan fingerprint density at radius 2 is 2.11 bits per heavy atom. The van der Waals surface area contributed by atoms with Gasteiger partial charge in [0.2, 0.25) is 0 Å². The Bertz CT molecular complexity index is 728. The fourth-order valence-corrected chi connectivity index (χ4v) is 2.59. The first kappa shape index (κ1) is 10.4. The van der Waals surface area contributed by atoms with E-state index in [1.807, 2.05) is 35.9 Å². The molecule has 1 aliphatic heterocycles. The average molecular weight is 251 g/mol. The number of aryl methyl sites for hydroxylation is 1. The maximum absolute atomic E-state index is 5.53. The van der Waals surface area contributed by atoms with Crippen LogP contribution in [0, 0.1) is 6.92 Å². The van der Waals surface area contributed by atoms with Crippen LogP contribution in [0.25, 0.3) is 11.3 Å². The molecule has 94 valence electrons. The Balaban J connectivity index is 1.95. The predicted molar refractivity (Wildman–Crippen MR) is 72.9 cm³/mol. The lowest BCUT2D eigenvalue weighted by atomic mass is 10.1. The molecular weight excluding hydrogens is 238 g/mol. The number of furan rings is 1. The lowest BCUT2D eigenvalue weighted by Gasteiger charge is -2.27. The van der Waals surface area contributed by atoms with Crippen molar-refractivity contribution < 1.29 is 4.42 Å². The van der Waals surface area contributed by atoms with Gasteiger partial charge < -0.3 is 9.73 Å². The van der Waals surface area contributed by atoms with Gasteiger partial charge in [0, 0.05) is 11.3 Å². The maximum atomic E-state index is 5.53. The normalized spacial score (nSPS) is 16.6. The molecular formula is C15H13N3O. The van der Waals surface area contributed by atoms with E-state index in [1.54, 1.807) is 6.26 Å². The van der Waals surface area contributed by atoms with Crippen molar-refractivity contribution in [2.75, 3.05) is 5.32 Å². The number of para-hydroxylation sites is 1. The van der Waals surface area contributed by atoms with Crippen LogP contribution in [0.1, 0.15) is 17.6 Å². The third kappa shape index (κ3) is 1.50. The summed E-state index contributed by atoms with van der Waals surface area (Å²) in [5.41, 5.74) is 4.40. The van der Waals surface area contributed by atoms with E-state index in [1.165, 1.54) is 5.56 Å². The molecule has 4 nitrogen and oxygen atoms in total. The van der Waals surface area contributed by atoms with Gasteiger partial charge in [-0.2, -0.15) is 5.10 Å². The first-order valence-corrected chi connectivity index (χ1v) is 6.28. The largest absolute Gasteiger partial charge is 0.465 e. The van der Waals surface area contributed by atoms with Crippen molar-refractivity contribution in [1.82, 2.24) is 9.78 Å². The summed E-state index contributed by atoms with van der Waals surface area (Å²) in [5.74, 6) is 0.860. The minimum absolute atomic E-state index is 0.0893. The first-order chi connectivity index (χ1) is 9.33. The van der Waals surface area contributed by atoms with Crippen molar-refractivity contribution in [3.63, 3.8) is 0 Å². The molecule has 0 aliphatic carbocycles. The standard InChI is InChI=1S/C15H13N3O/c1-10-9-13-11-5-2-3-6-12(11)16-15(18(13)17-10)14-7-4-8-19-14/h2-9,15-16H,1H3/t15-/m1/s1. The molecule has 0 fully saturated rings. The summed E-state index contributed by atoms with van der Waals surface area (Å²) in [5, 5.41) is 8.06. The van der Waals surface area contributed by atoms with Gasteiger partial charge in [-0.05, 0) is 31.2 Å². The van der Waals surface area contributed by atoms with Crippen LogP contribution in [0.3, 0.4) is 0 Å². The first-order valence-electron chi connectivity index (χ1n) is 6.28. The van der Waals surface area contributed by atoms with Crippen LogP contribution in [-0.2, 0) is 0 Å². The van der Waals surface area contributed by atoms with E-state index in [2.05, 4.69) is 28.6 Å². The molecule has 19 heavy (non-hydrogen) atoms. The topological polar surface area (TPSA) is 43.0 Å². The summed E-state index contributed by atoms with van der Waals surface area (Å²) in [6, 6.07) is 14.2. The van der Waals surface area contributed by atoms with Crippen LogP contribution < -0.4 is 5.32 Å². The van der Waals surface area contributed by atoms with E-state index < -0.39 is 0 Å². The number of anilines is 1. The highest BCUT2D eigenvalue weighted by molar-refractivity contribution is 5.78. The van der Waals surface area contributed by atoms with E-state index in [0.717, 1.165) is 22.8 Å². The van der Waals surface area contributed by atoms with Gasteiger partial charge >= 0.3 is 0 Å². The van der Waals surface area contributed by atoms with Gasteiger partial charge in [-0.3, -0.25) is 0 Å². The minimum Gasteiger partial charge on any atom is -0.465 e. The van der Waals surface area contributed by atoms with Crippen LogP contribution in [-0.4, -0.2) is 9.78 Å². The second-order valence-corrected chi connectivity index (χ2v) is 4.72. The average Bonchev–Trinajstić information content (AvgIpc) is 3.06. The highest BCUT2D eigenvalue weighted by atomic mass is 16.3. The Kier molecular flexibility index (Phi) is 2.06. The summed E-state index contributed by atoms with van der Waals surface area (Å²) in [4.78, 5) is 0. The van der Waals surface area contributed by atoms with Gasteiger partial charge in [0.15, 0.2) is 6.17 Å². The number of hydrogen-bond donors (Lipinski definition) is 1. The van der Waals surface area contributed by atoms with Crippen LogP contribution >= 0.6 is 0 Å². The molecule has 4 heteroatoms. The van der Waals surface area contributed by atoms with E-state index in [9.17, 15) is 0 Å². The number of hydrogen-bond acceptors (Lipinski definition) is 3. The van der Waals surface area contributed by atoms with Gasteiger partial charge in [0.25, 0.3) is 0 Å². The maximum Gasteiger partial charge on any atom is 0.180 e. The van der Waals surface area contributed by atoms with Gasteiger partial charge in [0.05, 0.1) is 17.7 Å². The monoisotopic (exact) mass is 251 g/mol. The molecule has 1 aromatic carbocycles. The third-order valence-corrected chi connectivity index (χ3v) is 3.41. The highest BCUT2D eigenvalue weighted by Gasteiger charge is 2.27. The van der Waals surface area contributed by atoms with Crippen molar-refractivity contribution >= 4 is 5.69 Å². The fraction of sp³-hybridized carbons (Fsp3) is 0.133. The summed E-state index contributed by atoms with van der Waals surface area (Å²) in [6.07, 6.45) is 1.60. The van der Waals surface area contributed by atoms with Crippen molar-refractivity contribution in [2.45, 2.75) is 13.1 Å². The second-order valence-electron chi connectivity index (χ2n) is 4.72.